The smallest absolute Gasteiger partial charge is 0.252 e. The first-order chi connectivity index (χ1) is 8.28. The van der Waals surface area contributed by atoms with Crippen molar-refractivity contribution < 1.29 is 14.4 Å². The van der Waals surface area contributed by atoms with Crippen molar-refractivity contribution in [1.82, 2.24) is 10.1 Å². The summed E-state index contributed by atoms with van der Waals surface area (Å²) in [4.78, 5) is 4.25. The molecule has 0 radical (unpaired) electrons. The molecule has 17 heavy (non-hydrogen) atoms. The standard InChI is InChI=1S/C12H20N2O3/c1-2-3-11-13-12(17-14-11)8-16-10-6-4-9(15)5-7-10/h9-10,15H,2-8H2,1H3. The van der Waals surface area contributed by atoms with Gasteiger partial charge in [-0.15, -0.1) is 0 Å². The predicted octanol–water partition coefficient (Wildman–Crippen LogP) is 1.84. The van der Waals surface area contributed by atoms with E-state index >= 15 is 0 Å². The van der Waals surface area contributed by atoms with Gasteiger partial charge < -0.3 is 14.4 Å². The quantitative estimate of drug-likeness (QED) is 0.850. The van der Waals surface area contributed by atoms with Crippen LogP contribution < -0.4 is 0 Å². The van der Waals surface area contributed by atoms with E-state index in [0.717, 1.165) is 44.3 Å². The molecule has 1 aliphatic carbocycles. The van der Waals surface area contributed by atoms with Gasteiger partial charge in [-0.05, 0) is 32.1 Å². The third-order valence-electron chi connectivity index (χ3n) is 3.07. The number of aryl methyl sites for hydroxylation is 1. The number of aromatic nitrogens is 2. The molecule has 0 aliphatic heterocycles. The molecule has 0 saturated heterocycles. The van der Waals surface area contributed by atoms with E-state index in [9.17, 15) is 5.11 Å². The first kappa shape index (κ1) is 12.5. The van der Waals surface area contributed by atoms with Crippen molar-refractivity contribution in [2.24, 2.45) is 0 Å². The average molecular weight is 240 g/mol. The lowest BCUT2D eigenvalue weighted by atomic mass is 9.95. The summed E-state index contributed by atoms with van der Waals surface area (Å²) in [6, 6.07) is 0. The van der Waals surface area contributed by atoms with Gasteiger partial charge in [0.2, 0.25) is 0 Å². The molecule has 5 nitrogen and oxygen atoms in total. The molecule has 2 rings (SSSR count). The maximum absolute atomic E-state index is 9.38. The van der Waals surface area contributed by atoms with Gasteiger partial charge in [0.25, 0.3) is 5.89 Å². The Kier molecular flexibility index (Phi) is 4.50. The average Bonchev–Trinajstić information content (AvgIpc) is 2.77. The van der Waals surface area contributed by atoms with Gasteiger partial charge in [0.1, 0.15) is 6.61 Å². The van der Waals surface area contributed by atoms with Crippen molar-refractivity contribution in [1.29, 1.82) is 0 Å². The van der Waals surface area contributed by atoms with Gasteiger partial charge in [-0.1, -0.05) is 12.1 Å². The Bertz CT molecular complexity index is 332. The second-order valence-electron chi connectivity index (χ2n) is 4.60. The molecule has 0 aromatic carbocycles. The highest BCUT2D eigenvalue weighted by atomic mass is 16.5. The first-order valence-electron chi connectivity index (χ1n) is 6.39. The lowest BCUT2D eigenvalue weighted by Crippen LogP contribution is -2.24. The lowest BCUT2D eigenvalue weighted by Gasteiger charge is -2.24. The van der Waals surface area contributed by atoms with E-state index in [1.165, 1.54) is 0 Å². The fourth-order valence-corrected chi connectivity index (χ4v) is 2.07. The molecule has 1 aromatic rings. The Balaban J connectivity index is 1.73. The molecular weight excluding hydrogens is 220 g/mol. The maximum Gasteiger partial charge on any atom is 0.252 e. The van der Waals surface area contributed by atoms with Crippen LogP contribution in [0.3, 0.4) is 0 Å². The summed E-state index contributed by atoms with van der Waals surface area (Å²) >= 11 is 0. The van der Waals surface area contributed by atoms with Gasteiger partial charge in [0.15, 0.2) is 5.82 Å². The Hall–Kier alpha value is -0.940. The van der Waals surface area contributed by atoms with Crippen LogP contribution in [-0.4, -0.2) is 27.5 Å². The van der Waals surface area contributed by atoms with Crippen LogP contribution >= 0.6 is 0 Å². The van der Waals surface area contributed by atoms with E-state index in [2.05, 4.69) is 17.1 Å². The zero-order valence-electron chi connectivity index (χ0n) is 10.3. The summed E-state index contributed by atoms with van der Waals surface area (Å²) in [5.74, 6) is 1.31. The molecule has 0 atom stereocenters. The van der Waals surface area contributed by atoms with Gasteiger partial charge >= 0.3 is 0 Å². The van der Waals surface area contributed by atoms with Crippen molar-refractivity contribution in [3.8, 4) is 0 Å². The van der Waals surface area contributed by atoms with Crippen molar-refractivity contribution >= 4 is 0 Å². The highest BCUT2D eigenvalue weighted by Gasteiger charge is 2.20. The second kappa shape index (κ2) is 6.12. The van der Waals surface area contributed by atoms with Gasteiger partial charge in [-0.3, -0.25) is 0 Å². The Morgan fingerprint density at radius 3 is 2.82 bits per heavy atom. The van der Waals surface area contributed by atoms with Crippen molar-refractivity contribution in [2.45, 2.75) is 64.3 Å². The van der Waals surface area contributed by atoms with E-state index in [4.69, 9.17) is 9.26 Å². The molecular formula is C12H20N2O3. The van der Waals surface area contributed by atoms with Gasteiger partial charge in [-0.25, -0.2) is 0 Å². The summed E-state index contributed by atoms with van der Waals surface area (Å²) in [7, 11) is 0. The summed E-state index contributed by atoms with van der Waals surface area (Å²) in [5.41, 5.74) is 0. The third-order valence-corrected chi connectivity index (χ3v) is 3.07. The number of rotatable bonds is 5. The fraction of sp³-hybridized carbons (Fsp3) is 0.833. The number of ether oxygens (including phenoxy) is 1. The first-order valence-corrected chi connectivity index (χ1v) is 6.39. The van der Waals surface area contributed by atoms with Crippen LogP contribution in [0.1, 0.15) is 50.7 Å². The summed E-state index contributed by atoms with van der Waals surface area (Å²) in [6.07, 6.45) is 5.42. The van der Waals surface area contributed by atoms with Crippen LogP contribution in [0.5, 0.6) is 0 Å². The number of aliphatic hydroxyl groups excluding tert-OH is 1. The largest absolute Gasteiger partial charge is 0.393 e. The zero-order chi connectivity index (χ0) is 12.1. The van der Waals surface area contributed by atoms with Crippen LogP contribution in [0.15, 0.2) is 4.52 Å². The van der Waals surface area contributed by atoms with Crippen molar-refractivity contribution in [2.75, 3.05) is 0 Å². The van der Waals surface area contributed by atoms with E-state index in [1.807, 2.05) is 0 Å². The van der Waals surface area contributed by atoms with E-state index in [1.54, 1.807) is 0 Å². The maximum atomic E-state index is 9.38. The van der Waals surface area contributed by atoms with Crippen LogP contribution in [-0.2, 0) is 17.8 Å². The van der Waals surface area contributed by atoms with Crippen LogP contribution in [0.2, 0.25) is 0 Å². The number of hydrogen-bond acceptors (Lipinski definition) is 5. The van der Waals surface area contributed by atoms with E-state index < -0.39 is 0 Å². The molecule has 96 valence electrons. The van der Waals surface area contributed by atoms with Crippen molar-refractivity contribution in [3.05, 3.63) is 11.7 Å². The number of hydrogen-bond donors (Lipinski definition) is 1. The van der Waals surface area contributed by atoms with Crippen molar-refractivity contribution in [3.63, 3.8) is 0 Å². The molecule has 5 heteroatoms. The predicted molar refractivity (Wildman–Crippen MR) is 61.3 cm³/mol. The van der Waals surface area contributed by atoms with E-state index in [-0.39, 0.29) is 12.2 Å². The van der Waals surface area contributed by atoms with Crippen LogP contribution in [0, 0.1) is 0 Å². The fourth-order valence-electron chi connectivity index (χ4n) is 2.07. The summed E-state index contributed by atoms with van der Waals surface area (Å²) < 4.78 is 10.8. The number of aliphatic hydroxyl groups is 1. The third kappa shape index (κ3) is 3.78. The SMILES string of the molecule is CCCc1noc(COC2CCC(O)CC2)n1. The minimum Gasteiger partial charge on any atom is -0.393 e. The normalized spacial score (nSPS) is 25.1. The monoisotopic (exact) mass is 240 g/mol. The molecule has 1 saturated carbocycles. The highest BCUT2D eigenvalue weighted by molar-refractivity contribution is 4.85. The number of nitrogens with zero attached hydrogens (tertiary/aromatic N) is 2. The lowest BCUT2D eigenvalue weighted by molar-refractivity contribution is -0.0203. The molecule has 1 fully saturated rings. The minimum atomic E-state index is -0.144. The second-order valence-corrected chi connectivity index (χ2v) is 4.60. The molecule has 1 heterocycles. The van der Waals surface area contributed by atoms with Gasteiger partial charge in [-0.2, -0.15) is 4.98 Å². The topological polar surface area (TPSA) is 68.4 Å². The Labute approximate surface area is 101 Å². The highest BCUT2D eigenvalue weighted by Crippen LogP contribution is 2.21. The van der Waals surface area contributed by atoms with E-state index in [0.29, 0.717) is 12.5 Å². The van der Waals surface area contributed by atoms with Crippen LogP contribution in [0.4, 0.5) is 0 Å². The zero-order valence-corrected chi connectivity index (χ0v) is 10.3. The summed E-state index contributed by atoms with van der Waals surface area (Å²) in [5, 5.41) is 13.3. The Morgan fingerprint density at radius 2 is 2.12 bits per heavy atom. The molecule has 0 amide bonds. The van der Waals surface area contributed by atoms with Gasteiger partial charge in [0.05, 0.1) is 12.2 Å². The molecule has 1 aliphatic rings. The van der Waals surface area contributed by atoms with Crippen LogP contribution in [0.25, 0.3) is 0 Å². The molecule has 0 unspecified atom stereocenters. The summed E-state index contributed by atoms with van der Waals surface area (Å²) in [6.45, 7) is 2.47. The molecule has 0 bridgehead atoms. The Morgan fingerprint density at radius 1 is 1.35 bits per heavy atom. The molecule has 1 aromatic heterocycles. The molecule has 0 spiro atoms. The molecule has 1 N–H and O–H groups in total. The van der Waals surface area contributed by atoms with Gasteiger partial charge in [0, 0.05) is 6.42 Å². The minimum absolute atomic E-state index is 0.144.